The molecule has 0 aliphatic carbocycles. The fraction of sp³-hybridized carbons (Fsp3) is 0.250. The minimum absolute atomic E-state index is 0.334. The summed E-state index contributed by atoms with van der Waals surface area (Å²) in [6, 6.07) is 12.9. The summed E-state index contributed by atoms with van der Waals surface area (Å²) in [6.45, 7) is 2.28. The zero-order valence-electron chi connectivity index (χ0n) is 12.2. The molecule has 0 fully saturated rings. The van der Waals surface area contributed by atoms with Gasteiger partial charge in [-0.2, -0.15) is 0 Å². The highest BCUT2D eigenvalue weighted by Gasteiger charge is 2.09. The highest BCUT2D eigenvalue weighted by atomic mass is 32.2. The molecule has 2 aromatic rings. The first-order valence-corrected chi connectivity index (χ1v) is 7.94. The SMILES string of the molecule is COc1ccccc1OCCS(=O)c1cc(C)ccc1N. The molecule has 0 radical (unpaired) electrons. The van der Waals surface area contributed by atoms with Gasteiger partial charge in [0.15, 0.2) is 11.5 Å². The van der Waals surface area contributed by atoms with Crippen LogP contribution in [-0.2, 0) is 10.8 Å². The van der Waals surface area contributed by atoms with E-state index in [0.717, 1.165) is 5.56 Å². The van der Waals surface area contributed by atoms with E-state index in [1.807, 2.05) is 43.3 Å². The number of hydrogen-bond donors (Lipinski definition) is 1. The van der Waals surface area contributed by atoms with Gasteiger partial charge in [-0.05, 0) is 36.8 Å². The van der Waals surface area contributed by atoms with Gasteiger partial charge in [0.05, 0.1) is 28.6 Å². The van der Waals surface area contributed by atoms with E-state index in [1.165, 1.54) is 0 Å². The molecule has 112 valence electrons. The summed E-state index contributed by atoms with van der Waals surface area (Å²) in [7, 11) is 0.413. The zero-order valence-corrected chi connectivity index (χ0v) is 13.0. The number of aryl methyl sites for hydroxylation is 1. The van der Waals surface area contributed by atoms with Gasteiger partial charge < -0.3 is 15.2 Å². The second-order valence-electron chi connectivity index (χ2n) is 4.59. The third kappa shape index (κ3) is 3.98. The monoisotopic (exact) mass is 305 g/mol. The average molecular weight is 305 g/mol. The predicted molar refractivity (Wildman–Crippen MR) is 85.4 cm³/mol. The Morgan fingerprint density at radius 3 is 2.57 bits per heavy atom. The maximum absolute atomic E-state index is 12.3. The standard InChI is InChI=1S/C16H19NO3S/c1-12-7-8-13(17)16(11-12)21(18)10-9-20-15-6-4-3-5-14(15)19-2/h3-8,11H,9-10,17H2,1-2H3. The molecule has 1 unspecified atom stereocenters. The number of rotatable bonds is 6. The fourth-order valence-electron chi connectivity index (χ4n) is 1.91. The van der Waals surface area contributed by atoms with Crippen molar-refractivity contribution in [3.05, 3.63) is 48.0 Å². The number of anilines is 1. The molecule has 0 saturated carbocycles. The Morgan fingerprint density at radius 1 is 1.14 bits per heavy atom. The third-order valence-corrected chi connectivity index (χ3v) is 4.39. The van der Waals surface area contributed by atoms with E-state index < -0.39 is 10.8 Å². The molecule has 0 saturated heterocycles. The van der Waals surface area contributed by atoms with Crippen LogP contribution in [0.4, 0.5) is 5.69 Å². The van der Waals surface area contributed by atoms with Gasteiger partial charge in [-0.3, -0.25) is 4.21 Å². The summed E-state index contributed by atoms with van der Waals surface area (Å²) in [5, 5.41) is 0. The molecular formula is C16H19NO3S. The Labute approximate surface area is 127 Å². The van der Waals surface area contributed by atoms with Gasteiger partial charge >= 0.3 is 0 Å². The van der Waals surface area contributed by atoms with Crippen molar-refractivity contribution in [3.8, 4) is 11.5 Å². The van der Waals surface area contributed by atoms with Crippen LogP contribution in [-0.4, -0.2) is 23.7 Å². The summed E-state index contributed by atoms with van der Waals surface area (Å²) >= 11 is 0. The minimum atomic E-state index is -1.18. The molecule has 5 heteroatoms. The van der Waals surface area contributed by atoms with Crippen molar-refractivity contribution >= 4 is 16.5 Å². The van der Waals surface area contributed by atoms with Gasteiger partial charge in [0.25, 0.3) is 0 Å². The van der Waals surface area contributed by atoms with Gasteiger partial charge in [-0.1, -0.05) is 18.2 Å². The summed E-state index contributed by atoms with van der Waals surface area (Å²) in [5.74, 6) is 1.69. The van der Waals surface area contributed by atoms with Gasteiger partial charge in [-0.25, -0.2) is 0 Å². The zero-order chi connectivity index (χ0) is 15.2. The molecule has 0 heterocycles. The van der Waals surface area contributed by atoms with Crippen molar-refractivity contribution < 1.29 is 13.7 Å². The second-order valence-corrected chi connectivity index (χ2v) is 6.13. The van der Waals surface area contributed by atoms with E-state index in [2.05, 4.69) is 0 Å². The van der Waals surface area contributed by atoms with Gasteiger partial charge in [0.2, 0.25) is 0 Å². The minimum Gasteiger partial charge on any atom is -0.493 e. The molecular weight excluding hydrogens is 286 g/mol. The molecule has 0 bridgehead atoms. The van der Waals surface area contributed by atoms with E-state index in [9.17, 15) is 4.21 Å². The number of benzene rings is 2. The van der Waals surface area contributed by atoms with Crippen LogP contribution in [0.15, 0.2) is 47.4 Å². The lowest BCUT2D eigenvalue weighted by Crippen LogP contribution is -2.10. The molecule has 4 nitrogen and oxygen atoms in total. The number of nitrogens with two attached hydrogens (primary N) is 1. The normalized spacial score (nSPS) is 11.9. The topological polar surface area (TPSA) is 61.5 Å². The van der Waals surface area contributed by atoms with Crippen LogP contribution in [0, 0.1) is 6.92 Å². The fourth-order valence-corrected chi connectivity index (χ4v) is 3.02. The molecule has 21 heavy (non-hydrogen) atoms. The molecule has 0 aliphatic rings. The van der Waals surface area contributed by atoms with E-state index in [-0.39, 0.29) is 0 Å². The smallest absolute Gasteiger partial charge is 0.161 e. The quantitative estimate of drug-likeness (QED) is 0.834. The van der Waals surface area contributed by atoms with E-state index in [4.69, 9.17) is 15.2 Å². The van der Waals surface area contributed by atoms with Crippen LogP contribution in [0.3, 0.4) is 0 Å². The Balaban J connectivity index is 1.97. The third-order valence-electron chi connectivity index (χ3n) is 3.01. The predicted octanol–water partition coefficient (Wildman–Crippen LogP) is 2.77. The molecule has 1 atom stereocenters. The number of methoxy groups -OCH3 is 1. The molecule has 2 aromatic carbocycles. The number of hydrogen-bond acceptors (Lipinski definition) is 4. The summed E-state index contributed by atoms with van der Waals surface area (Å²) in [6.07, 6.45) is 0. The summed E-state index contributed by atoms with van der Waals surface area (Å²) in [4.78, 5) is 0.665. The Hall–Kier alpha value is -2.01. The first kappa shape index (κ1) is 15.4. The van der Waals surface area contributed by atoms with Crippen LogP contribution >= 0.6 is 0 Å². The molecule has 0 amide bonds. The van der Waals surface area contributed by atoms with Crippen LogP contribution in [0.5, 0.6) is 11.5 Å². The van der Waals surface area contributed by atoms with Crippen molar-refractivity contribution in [1.29, 1.82) is 0 Å². The molecule has 0 aliphatic heterocycles. The highest BCUT2D eigenvalue weighted by Crippen LogP contribution is 2.26. The average Bonchev–Trinajstić information content (AvgIpc) is 2.50. The lowest BCUT2D eigenvalue weighted by molar-refractivity contribution is 0.313. The van der Waals surface area contributed by atoms with Crippen molar-refractivity contribution in [1.82, 2.24) is 0 Å². The second kappa shape index (κ2) is 7.13. The van der Waals surface area contributed by atoms with Crippen LogP contribution < -0.4 is 15.2 Å². The number of ether oxygens (including phenoxy) is 2. The Morgan fingerprint density at radius 2 is 1.86 bits per heavy atom. The molecule has 0 spiro atoms. The first-order chi connectivity index (χ1) is 10.1. The van der Waals surface area contributed by atoms with E-state index in [1.54, 1.807) is 13.2 Å². The summed E-state index contributed by atoms with van der Waals surface area (Å²) in [5.41, 5.74) is 7.46. The lowest BCUT2D eigenvalue weighted by atomic mass is 10.2. The largest absolute Gasteiger partial charge is 0.493 e. The maximum atomic E-state index is 12.3. The van der Waals surface area contributed by atoms with E-state index >= 15 is 0 Å². The number of para-hydroxylation sites is 2. The number of nitrogen functional groups attached to an aromatic ring is 1. The molecule has 2 N–H and O–H groups in total. The van der Waals surface area contributed by atoms with E-state index in [0.29, 0.717) is 34.4 Å². The highest BCUT2D eigenvalue weighted by molar-refractivity contribution is 7.85. The van der Waals surface area contributed by atoms with Crippen molar-refractivity contribution in [3.63, 3.8) is 0 Å². The van der Waals surface area contributed by atoms with Gasteiger partial charge in [0.1, 0.15) is 6.61 Å². The van der Waals surface area contributed by atoms with Crippen molar-refractivity contribution in [2.45, 2.75) is 11.8 Å². The van der Waals surface area contributed by atoms with Crippen molar-refractivity contribution in [2.24, 2.45) is 0 Å². The van der Waals surface area contributed by atoms with Gasteiger partial charge in [-0.15, -0.1) is 0 Å². The van der Waals surface area contributed by atoms with Gasteiger partial charge in [0, 0.05) is 5.69 Å². The summed E-state index contributed by atoms with van der Waals surface area (Å²) < 4.78 is 23.1. The first-order valence-electron chi connectivity index (χ1n) is 6.62. The van der Waals surface area contributed by atoms with Crippen LogP contribution in [0.25, 0.3) is 0 Å². The molecule has 0 aromatic heterocycles. The van der Waals surface area contributed by atoms with Crippen molar-refractivity contribution in [2.75, 3.05) is 25.2 Å². The molecule has 2 rings (SSSR count). The Bertz CT molecular complexity index is 643. The lowest BCUT2D eigenvalue weighted by Gasteiger charge is -2.11. The van der Waals surface area contributed by atoms with Crippen LogP contribution in [0.1, 0.15) is 5.56 Å². The van der Waals surface area contributed by atoms with Crippen LogP contribution in [0.2, 0.25) is 0 Å². The Kier molecular flexibility index (Phi) is 5.22. The maximum Gasteiger partial charge on any atom is 0.161 e.